The number of benzene rings is 1. The smallest absolute Gasteiger partial charge is 0.508 e. The molecular formula is C9H7NO4. The number of rotatable bonds is 1. The molecule has 3 N–H and O–H groups in total. The molecule has 0 unspecified atom stereocenters. The zero-order valence-electron chi connectivity index (χ0n) is 7.02. The van der Waals surface area contributed by atoms with Crippen molar-refractivity contribution in [3.8, 4) is 11.6 Å². The molecule has 0 saturated heterocycles. The molecule has 0 spiro atoms. The number of carboxylic acid groups (broad SMARTS) is 1. The van der Waals surface area contributed by atoms with Gasteiger partial charge in [0.1, 0.15) is 5.75 Å². The summed E-state index contributed by atoms with van der Waals surface area (Å²) in [6, 6.07) is 6.16. The molecule has 2 rings (SSSR count). The second-order valence-electron chi connectivity index (χ2n) is 2.77. The SMILES string of the molecule is O=C(O)Oc1cc2cc(O)ccc2[nH]1. The van der Waals surface area contributed by atoms with Crippen LogP contribution in [0.15, 0.2) is 24.3 Å². The third-order valence-electron chi connectivity index (χ3n) is 1.78. The maximum absolute atomic E-state index is 10.2. The van der Waals surface area contributed by atoms with Crippen LogP contribution in [0.3, 0.4) is 0 Å². The molecule has 0 saturated carbocycles. The summed E-state index contributed by atoms with van der Waals surface area (Å²) in [7, 11) is 0. The van der Waals surface area contributed by atoms with Gasteiger partial charge in [0, 0.05) is 17.0 Å². The van der Waals surface area contributed by atoms with Gasteiger partial charge in [-0.2, -0.15) is 0 Å². The number of H-pyrrole nitrogens is 1. The van der Waals surface area contributed by atoms with E-state index in [1.54, 1.807) is 6.07 Å². The summed E-state index contributed by atoms with van der Waals surface area (Å²) in [4.78, 5) is 13.0. The first-order valence-corrected chi connectivity index (χ1v) is 3.87. The van der Waals surface area contributed by atoms with Crippen molar-refractivity contribution in [3.63, 3.8) is 0 Å². The van der Waals surface area contributed by atoms with Crippen molar-refractivity contribution in [2.45, 2.75) is 0 Å². The molecule has 1 aromatic heterocycles. The summed E-state index contributed by atoms with van der Waals surface area (Å²) in [6.45, 7) is 0. The van der Waals surface area contributed by atoms with Gasteiger partial charge in [-0.3, -0.25) is 0 Å². The number of nitrogens with one attached hydrogen (secondary N) is 1. The van der Waals surface area contributed by atoms with E-state index >= 15 is 0 Å². The van der Waals surface area contributed by atoms with Gasteiger partial charge in [-0.15, -0.1) is 0 Å². The van der Waals surface area contributed by atoms with Crippen molar-refractivity contribution in [1.29, 1.82) is 0 Å². The number of aromatic amines is 1. The fraction of sp³-hybridized carbons (Fsp3) is 0. The minimum absolute atomic E-state index is 0.123. The first kappa shape index (κ1) is 8.43. The topological polar surface area (TPSA) is 82.6 Å². The number of hydrogen-bond donors (Lipinski definition) is 3. The van der Waals surface area contributed by atoms with E-state index in [0.29, 0.717) is 10.9 Å². The van der Waals surface area contributed by atoms with Crippen molar-refractivity contribution < 1.29 is 19.7 Å². The van der Waals surface area contributed by atoms with Crippen molar-refractivity contribution in [1.82, 2.24) is 4.98 Å². The zero-order valence-corrected chi connectivity index (χ0v) is 7.02. The number of fused-ring (bicyclic) bond motifs is 1. The molecule has 5 heteroatoms. The lowest BCUT2D eigenvalue weighted by Crippen LogP contribution is -2.02. The molecule has 5 nitrogen and oxygen atoms in total. The molecule has 0 amide bonds. The van der Waals surface area contributed by atoms with Gasteiger partial charge in [0.25, 0.3) is 0 Å². The standard InChI is InChI=1S/C9H7NO4/c11-6-1-2-7-5(3-6)4-8(10-7)14-9(12)13/h1-4,10-11H,(H,12,13). The van der Waals surface area contributed by atoms with Gasteiger partial charge in [0.2, 0.25) is 5.88 Å². The third-order valence-corrected chi connectivity index (χ3v) is 1.78. The maximum Gasteiger partial charge on any atom is 0.512 e. The van der Waals surface area contributed by atoms with Crippen LogP contribution in [0.25, 0.3) is 10.9 Å². The maximum atomic E-state index is 10.2. The number of phenolic OH excluding ortho intramolecular Hbond substituents is 1. The third kappa shape index (κ3) is 1.47. The Balaban J connectivity index is 2.46. The zero-order chi connectivity index (χ0) is 10.1. The average Bonchev–Trinajstić information content (AvgIpc) is 2.44. The lowest BCUT2D eigenvalue weighted by atomic mass is 10.2. The summed E-state index contributed by atoms with van der Waals surface area (Å²) >= 11 is 0. The number of phenols is 1. The van der Waals surface area contributed by atoms with Crippen molar-refractivity contribution >= 4 is 17.1 Å². The Labute approximate surface area is 78.6 Å². The van der Waals surface area contributed by atoms with Gasteiger partial charge in [0.05, 0.1) is 0 Å². The van der Waals surface area contributed by atoms with Gasteiger partial charge in [-0.25, -0.2) is 4.79 Å². The summed E-state index contributed by atoms with van der Waals surface area (Å²) in [6.07, 6.45) is -1.37. The fourth-order valence-corrected chi connectivity index (χ4v) is 1.24. The van der Waals surface area contributed by atoms with Gasteiger partial charge in [-0.1, -0.05) is 0 Å². The van der Waals surface area contributed by atoms with Gasteiger partial charge >= 0.3 is 6.16 Å². The number of ether oxygens (including phenoxy) is 1. The molecule has 0 atom stereocenters. The molecule has 0 aliphatic rings. The predicted octanol–water partition coefficient (Wildman–Crippen LogP) is 1.93. The summed E-state index contributed by atoms with van der Waals surface area (Å²) in [5, 5.41) is 18.2. The van der Waals surface area contributed by atoms with E-state index in [1.807, 2.05) is 0 Å². The predicted molar refractivity (Wildman–Crippen MR) is 48.6 cm³/mol. The van der Waals surface area contributed by atoms with Crippen LogP contribution in [0.4, 0.5) is 4.79 Å². The van der Waals surface area contributed by atoms with E-state index in [4.69, 9.17) is 10.2 Å². The van der Waals surface area contributed by atoms with Gasteiger partial charge in [-0.05, 0) is 18.2 Å². The van der Waals surface area contributed by atoms with E-state index in [1.165, 1.54) is 18.2 Å². The van der Waals surface area contributed by atoms with E-state index in [9.17, 15) is 4.79 Å². The molecule has 0 fully saturated rings. The molecule has 0 aliphatic heterocycles. The molecule has 0 bridgehead atoms. The van der Waals surface area contributed by atoms with E-state index in [0.717, 1.165) is 0 Å². The molecule has 0 aliphatic carbocycles. The first-order valence-electron chi connectivity index (χ1n) is 3.87. The monoisotopic (exact) mass is 193 g/mol. The van der Waals surface area contributed by atoms with Crippen LogP contribution in [0.2, 0.25) is 0 Å². The Hall–Kier alpha value is -2.17. The summed E-state index contributed by atoms with van der Waals surface area (Å²) in [5.41, 5.74) is 0.707. The molecule has 14 heavy (non-hydrogen) atoms. The summed E-state index contributed by atoms with van der Waals surface area (Å²) in [5.74, 6) is 0.261. The Morgan fingerprint density at radius 1 is 1.36 bits per heavy atom. The molecular weight excluding hydrogens is 186 g/mol. The van der Waals surface area contributed by atoms with Crippen LogP contribution in [-0.4, -0.2) is 21.4 Å². The molecule has 2 aromatic rings. The minimum Gasteiger partial charge on any atom is -0.508 e. The Morgan fingerprint density at radius 3 is 2.86 bits per heavy atom. The lowest BCUT2D eigenvalue weighted by Gasteiger charge is -1.91. The number of aromatic hydroxyl groups is 1. The minimum atomic E-state index is -1.37. The largest absolute Gasteiger partial charge is 0.512 e. The first-order chi connectivity index (χ1) is 6.65. The quantitative estimate of drug-likeness (QED) is 0.604. The normalized spacial score (nSPS) is 10.3. The van der Waals surface area contributed by atoms with E-state index < -0.39 is 6.16 Å². The molecule has 0 radical (unpaired) electrons. The lowest BCUT2D eigenvalue weighted by molar-refractivity contribution is 0.143. The fourth-order valence-electron chi connectivity index (χ4n) is 1.24. The van der Waals surface area contributed by atoms with Crippen molar-refractivity contribution in [2.75, 3.05) is 0 Å². The van der Waals surface area contributed by atoms with Crippen LogP contribution in [-0.2, 0) is 0 Å². The highest BCUT2D eigenvalue weighted by Gasteiger charge is 2.05. The Kier molecular flexibility index (Phi) is 1.78. The highest BCUT2D eigenvalue weighted by Crippen LogP contribution is 2.23. The van der Waals surface area contributed by atoms with Crippen LogP contribution >= 0.6 is 0 Å². The Morgan fingerprint density at radius 2 is 2.14 bits per heavy atom. The van der Waals surface area contributed by atoms with Gasteiger partial charge in [0.15, 0.2) is 0 Å². The second kappa shape index (κ2) is 2.95. The van der Waals surface area contributed by atoms with Crippen molar-refractivity contribution in [2.24, 2.45) is 0 Å². The highest BCUT2D eigenvalue weighted by atomic mass is 16.7. The number of aromatic nitrogens is 1. The van der Waals surface area contributed by atoms with E-state index in [2.05, 4.69) is 9.72 Å². The number of carbonyl (C=O) groups is 1. The average molecular weight is 193 g/mol. The van der Waals surface area contributed by atoms with Gasteiger partial charge < -0.3 is 19.9 Å². The molecule has 1 heterocycles. The van der Waals surface area contributed by atoms with Crippen LogP contribution < -0.4 is 4.74 Å². The second-order valence-corrected chi connectivity index (χ2v) is 2.77. The highest BCUT2D eigenvalue weighted by molar-refractivity contribution is 5.83. The van der Waals surface area contributed by atoms with Crippen LogP contribution in [0.1, 0.15) is 0 Å². The van der Waals surface area contributed by atoms with Crippen molar-refractivity contribution in [3.05, 3.63) is 24.3 Å². The van der Waals surface area contributed by atoms with Crippen LogP contribution in [0.5, 0.6) is 11.6 Å². The number of hydrogen-bond acceptors (Lipinski definition) is 3. The molecule has 1 aromatic carbocycles. The Bertz CT molecular complexity index is 489. The van der Waals surface area contributed by atoms with E-state index in [-0.39, 0.29) is 11.6 Å². The van der Waals surface area contributed by atoms with Crippen LogP contribution in [0, 0.1) is 0 Å². The summed E-state index contributed by atoms with van der Waals surface area (Å²) < 4.78 is 4.42. The molecule has 72 valence electrons.